The Bertz CT molecular complexity index is 1330. The summed E-state index contributed by atoms with van der Waals surface area (Å²) in [6, 6.07) is 14.1. The standard InChI is InChI=1S/C20H13N3O3/c24-10-5-6-16-13(7-10)18(20(26)22-16)17-8-12(19(25)23-17)14-9-21-15-4-2-1-3-11(14)15/h1-9,21,23-25H. The number of phenols is 1. The third-order valence-corrected chi connectivity index (χ3v) is 4.63. The van der Waals surface area contributed by atoms with E-state index in [0.717, 1.165) is 16.5 Å². The molecule has 1 aliphatic rings. The molecule has 3 heterocycles. The molecule has 0 fully saturated rings. The van der Waals surface area contributed by atoms with Crippen molar-refractivity contribution in [1.29, 1.82) is 0 Å². The molecule has 0 bridgehead atoms. The van der Waals surface area contributed by atoms with Crippen molar-refractivity contribution < 1.29 is 15.0 Å². The number of rotatable bonds is 2. The monoisotopic (exact) mass is 343 g/mol. The van der Waals surface area contributed by atoms with Gasteiger partial charge in [-0.1, -0.05) is 18.2 Å². The number of benzene rings is 2. The number of aromatic nitrogens is 2. The molecule has 5 rings (SSSR count). The lowest BCUT2D eigenvalue weighted by Crippen LogP contribution is -2.22. The Kier molecular flexibility index (Phi) is 2.85. The summed E-state index contributed by atoms with van der Waals surface area (Å²) in [6.07, 6.45) is 1.82. The molecule has 6 heteroatoms. The van der Waals surface area contributed by atoms with Crippen LogP contribution >= 0.6 is 0 Å². The van der Waals surface area contributed by atoms with E-state index in [2.05, 4.69) is 15.0 Å². The van der Waals surface area contributed by atoms with Crippen LogP contribution in [0.2, 0.25) is 0 Å². The first-order valence-electron chi connectivity index (χ1n) is 8.07. The van der Waals surface area contributed by atoms with Crippen LogP contribution < -0.4 is 10.6 Å². The third-order valence-electron chi connectivity index (χ3n) is 4.63. The van der Waals surface area contributed by atoms with E-state index in [-0.39, 0.29) is 11.6 Å². The zero-order valence-electron chi connectivity index (χ0n) is 13.4. The van der Waals surface area contributed by atoms with Crippen molar-refractivity contribution in [3.8, 4) is 22.8 Å². The van der Waals surface area contributed by atoms with Gasteiger partial charge >= 0.3 is 0 Å². The Labute approximate surface area is 146 Å². The SMILES string of the molecule is O=C1N=c2ccc(O)cc2=C1c1cc(-c2c[nH]c3ccccc23)c(O)[nH]1. The fourth-order valence-electron chi connectivity index (χ4n) is 3.44. The lowest BCUT2D eigenvalue weighted by molar-refractivity contribution is -0.112. The average molecular weight is 343 g/mol. The van der Waals surface area contributed by atoms with Gasteiger partial charge in [-0.3, -0.25) is 4.79 Å². The number of H-pyrrole nitrogens is 2. The maximum Gasteiger partial charge on any atom is 0.280 e. The number of phenolic OH excluding ortho intramolecular Hbond substituents is 1. The molecular formula is C20H13N3O3. The fourth-order valence-corrected chi connectivity index (χ4v) is 3.44. The van der Waals surface area contributed by atoms with Crippen molar-refractivity contribution >= 4 is 22.4 Å². The minimum Gasteiger partial charge on any atom is -0.508 e. The largest absolute Gasteiger partial charge is 0.508 e. The van der Waals surface area contributed by atoms with E-state index in [4.69, 9.17) is 0 Å². The predicted octanol–water partition coefficient (Wildman–Crippen LogP) is 1.93. The van der Waals surface area contributed by atoms with Crippen LogP contribution in [0, 0.1) is 0 Å². The topological polar surface area (TPSA) is 101 Å². The molecule has 1 amide bonds. The quantitative estimate of drug-likeness (QED) is 0.447. The molecule has 0 spiro atoms. The number of nitrogens with zero attached hydrogens (tertiary/aromatic N) is 1. The molecule has 0 aliphatic carbocycles. The predicted molar refractivity (Wildman–Crippen MR) is 96.2 cm³/mol. The van der Waals surface area contributed by atoms with Crippen LogP contribution in [-0.4, -0.2) is 26.1 Å². The summed E-state index contributed by atoms with van der Waals surface area (Å²) in [5.41, 5.74) is 3.17. The molecule has 0 radical (unpaired) electrons. The second kappa shape index (κ2) is 5.10. The summed E-state index contributed by atoms with van der Waals surface area (Å²) >= 11 is 0. The van der Waals surface area contributed by atoms with Gasteiger partial charge in [-0.05, 0) is 30.3 Å². The number of hydrogen-bond donors (Lipinski definition) is 4. The minimum absolute atomic E-state index is 0.0290. The molecule has 2 aromatic carbocycles. The van der Waals surface area contributed by atoms with Crippen LogP contribution in [0.25, 0.3) is 27.6 Å². The molecule has 0 atom stereocenters. The molecular weight excluding hydrogens is 330 g/mol. The normalized spacial score (nSPS) is 13.2. The first kappa shape index (κ1) is 14.5. The second-order valence-corrected chi connectivity index (χ2v) is 6.19. The highest BCUT2D eigenvalue weighted by Crippen LogP contribution is 2.36. The molecule has 0 unspecified atom stereocenters. The molecule has 6 nitrogen and oxygen atoms in total. The Morgan fingerprint density at radius 1 is 0.962 bits per heavy atom. The van der Waals surface area contributed by atoms with E-state index in [9.17, 15) is 15.0 Å². The average Bonchev–Trinajstić information content (AvgIpc) is 3.29. The van der Waals surface area contributed by atoms with Gasteiger partial charge in [0, 0.05) is 33.4 Å². The van der Waals surface area contributed by atoms with E-state index < -0.39 is 5.91 Å². The van der Waals surface area contributed by atoms with Crippen LogP contribution in [0.5, 0.6) is 11.6 Å². The molecule has 26 heavy (non-hydrogen) atoms. The molecule has 0 saturated heterocycles. The number of fused-ring (bicyclic) bond motifs is 2. The lowest BCUT2D eigenvalue weighted by Gasteiger charge is -1.96. The first-order chi connectivity index (χ1) is 12.6. The number of aromatic hydroxyl groups is 2. The summed E-state index contributed by atoms with van der Waals surface area (Å²) in [6.45, 7) is 0. The summed E-state index contributed by atoms with van der Waals surface area (Å²) < 4.78 is 0. The van der Waals surface area contributed by atoms with Gasteiger partial charge < -0.3 is 20.2 Å². The Morgan fingerprint density at radius 2 is 1.81 bits per heavy atom. The molecule has 4 N–H and O–H groups in total. The van der Waals surface area contributed by atoms with Crippen LogP contribution in [0.15, 0.2) is 59.7 Å². The molecule has 1 aliphatic heterocycles. The zero-order chi connectivity index (χ0) is 17.8. The van der Waals surface area contributed by atoms with Crippen LogP contribution in [0.3, 0.4) is 0 Å². The van der Waals surface area contributed by atoms with Gasteiger partial charge in [0.2, 0.25) is 0 Å². The summed E-state index contributed by atoms with van der Waals surface area (Å²) in [5, 5.41) is 22.2. The van der Waals surface area contributed by atoms with Gasteiger partial charge in [0.25, 0.3) is 5.91 Å². The number of carbonyl (C=O) groups excluding carboxylic acids is 1. The molecule has 126 valence electrons. The van der Waals surface area contributed by atoms with E-state index >= 15 is 0 Å². The van der Waals surface area contributed by atoms with Crippen molar-refractivity contribution in [2.24, 2.45) is 4.99 Å². The van der Waals surface area contributed by atoms with Gasteiger partial charge in [-0.25, -0.2) is 4.99 Å². The van der Waals surface area contributed by atoms with Crippen LogP contribution in [0.4, 0.5) is 0 Å². The van der Waals surface area contributed by atoms with Gasteiger partial charge in [-0.15, -0.1) is 0 Å². The maximum absolute atomic E-state index is 12.4. The summed E-state index contributed by atoms with van der Waals surface area (Å²) in [4.78, 5) is 22.4. The highest BCUT2D eigenvalue weighted by atomic mass is 16.3. The van der Waals surface area contributed by atoms with E-state index in [0.29, 0.717) is 27.4 Å². The van der Waals surface area contributed by atoms with Crippen LogP contribution in [-0.2, 0) is 4.79 Å². The molecule has 0 saturated carbocycles. The number of hydrogen-bond acceptors (Lipinski definition) is 3. The highest BCUT2D eigenvalue weighted by molar-refractivity contribution is 6.20. The van der Waals surface area contributed by atoms with Crippen molar-refractivity contribution in [3.05, 3.63) is 71.0 Å². The van der Waals surface area contributed by atoms with Crippen molar-refractivity contribution in [2.75, 3.05) is 0 Å². The molecule has 4 aromatic rings. The van der Waals surface area contributed by atoms with Gasteiger partial charge in [0.1, 0.15) is 5.75 Å². The third kappa shape index (κ3) is 1.99. The van der Waals surface area contributed by atoms with Crippen molar-refractivity contribution in [1.82, 2.24) is 9.97 Å². The molecule has 2 aromatic heterocycles. The van der Waals surface area contributed by atoms with Crippen molar-refractivity contribution in [3.63, 3.8) is 0 Å². The van der Waals surface area contributed by atoms with Gasteiger partial charge in [0.15, 0.2) is 5.88 Å². The smallest absolute Gasteiger partial charge is 0.280 e. The zero-order valence-corrected chi connectivity index (χ0v) is 13.4. The fraction of sp³-hybridized carbons (Fsp3) is 0. The number of aromatic amines is 2. The van der Waals surface area contributed by atoms with Crippen LogP contribution in [0.1, 0.15) is 5.69 Å². The van der Waals surface area contributed by atoms with E-state index in [1.165, 1.54) is 12.1 Å². The first-order valence-corrected chi connectivity index (χ1v) is 8.07. The van der Waals surface area contributed by atoms with Gasteiger partial charge in [0.05, 0.1) is 16.6 Å². The number of carbonyl (C=O) groups is 1. The summed E-state index contributed by atoms with van der Waals surface area (Å²) in [7, 11) is 0. The maximum atomic E-state index is 12.4. The van der Waals surface area contributed by atoms with Gasteiger partial charge in [-0.2, -0.15) is 0 Å². The highest BCUT2D eigenvalue weighted by Gasteiger charge is 2.23. The number of nitrogens with one attached hydrogen (secondary N) is 2. The van der Waals surface area contributed by atoms with E-state index in [1.807, 2.05) is 30.5 Å². The Hall–Kier alpha value is -3.80. The lowest BCUT2D eigenvalue weighted by atomic mass is 10.1. The minimum atomic E-state index is -0.405. The second-order valence-electron chi connectivity index (χ2n) is 6.19. The van der Waals surface area contributed by atoms with E-state index in [1.54, 1.807) is 12.1 Å². The Balaban J connectivity index is 1.75. The number of para-hydroxylation sites is 1. The van der Waals surface area contributed by atoms with Crippen molar-refractivity contribution in [2.45, 2.75) is 0 Å². The Morgan fingerprint density at radius 3 is 2.69 bits per heavy atom. The number of amides is 1. The summed E-state index contributed by atoms with van der Waals surface area (Å²) in [5.74, 6) is -0.380.